The highest BCUT2D eigenvalue weighted by Crippen LogP contribution is 2.19. The van der Waals surface area contributed by atoms with Gasteiger partial charge in [-0.3, -0.25) is 4.79 Å². The van der Waals surface area contributed by atoms with Gasteiger partial charge in [0.2, 0.25) is 5.91 Å². The zero-order chi connectivity index (χ0) is 22.9. The smallest absolute Gasteiger partial charge is 0.407 e. The molecule has 6 heteroatoms. The van der Waals surface area contributed by atoms with Crippen molar-refractivity contribution in [3.8, 4) is 5.75 Å². The molecule has 0 spiro atoms. The molecule has 1 unspecified atom stereocenters. The van der Waals surface area contributed by atoms with Crippen LogP contribution in [0.25, 0.3) is 10.8 Å². The monoisotopic (exact) mass is 434 g/mol. The normalized spacial score (nSPS) is 11.8. The van der Waals surface area contributed by atoms with E-state index in [1.807, 2.05) is 80.6 Å². The van der Waals surface area contributed by atoms with Crippen molar-refractivity contribution in [3.05, 3.63) is 72.3 Å². The van der Waals surface area contributed by atoms with E-state index in [0.29, 0.717) is 12.1 Å². The van der Waals surface area contributed by atoms with E-state index in [4.69, 9.17) is 9.47 Å². The topological polar surface area (TPSA) is 76.7 Å². The minimum absolute atomic E-state index is 0.0951. The Bertz CT molecular complexity index is 1050. The lowest BCUT2D eigenvalue weighted by Gasteiger charge is -2.21. The number of nitrogens with one attached hydrogen (secondary N) is 2. The molecular formula is C26H30N2O4. The summed E-state index contributed by atoms with van der Waals surface area (Å²) in [7, 11) is 1.63. The highest BCUT2D eigenvalue weighted by molar-refractivity contribution is 5.98. The maximum atomic E-state index is 12.8. The lowest BCUT2D eigenvalue weighted by molar-refractivity contribution is -0.119. The number of fused-ring (bicyclic) bond motifs is 1. The van der Waals surface area contributed by atoms with Crippen LogP contribution in [0.5, 0.6) is 5.75 Å². The Hall–Kier alpha value is -3.54. The first kappa shape index (κ1) is 23.1. The molecule has 2 amide bonds. The van der Waals surface area contributed by atoms with Crippen molar-refractivity contribution in [2.24, 2.45) is 5.92 Å². The average Bonchev–Trinajstić information content (AvgIpc) is 2.80. The van der Waals surface area contributed by atoms with E-state index in [1.54, 1.807) is 7.11 Å². The van der Waals surface area contributed by atoms with E-state index in [9.17, 15) is 9.59 Å². The van der Waals surface area contributed by atoms with Gasteiger partial charge < -0.3 is 20.1 Å². The summed E-state index contributed by atoms with van der Waals surface area (Å²) in [5.41, 5.74) is 1.83. The average molecular weight is 435 g/mol. The number of benzene rings is 3. The van der Waals surface area contributed by atoms with Gasteiger partial charge in [0, 0.05) is 5.69 Å². The molecule has 0 heterocycles. The molecule has 0 saturated carbocycles. The highest BCUT2D eigenvalue weighted by Gasteiger charge is 2.25. The molecule has 0 fully saturated rings. The fourth-order valence-corrected chi connectivity index (χ4v) is 3.42. The maximum absolute atomic E-state index is 12.8. The van der Waals surface area contributed by atoms with E-state index in [1.165, 1.54) is 0 Å². The van der Waals surface area contributed by atoms with E-state index in [-0.39, 0.29) is 18.4 Å². The first-order chi connectivity index (χ1) is 15.5. The van der Waals surface area contributed by atoms with Crippen LogP contribution in [0, 0.1) is 5.92 Å². The summed E-state index contributed by atoms with van der Waals surface area (Å²) >= 11 is 0. The summed E-state index contributed by atoms with van der Waals surface area (Å²) in [6.07, 6.45) is 0.884. The van der Waals surface area contributed by atoms with Crippen LogP contribution in [-0.4, -0.2) is 31.8 Å². The van der Waals surface area contributed by atoms with Crippen molar-refractivity contribution in [3.63, 3.8) is 0 Å². The number of amides is 2. The lowest BCUT2D eigenvalue weighted by atomic mass is 10.0. The van der Waals surface area contributed by atoms with Crippen molar-refractivity contribution in [1.82, 2.24) is 5.32 Å². The standard InChI is InChI=1S/C26H30N2O4/c1-18(2)24(25(29)27-22-13-12-20-8-4-5-9-21(20)17-22)28-26(30)32-16-6-7-19-10-14-23(31-3)15-11-19/h4-5,8-15,17-18,24H,6-7,16H2,1-3H3,(H,27,29)(H,28,30). The van der Waals surface area contributed by atoms with Crippen LogP contribution in [-0.2, 0) is 16.0 Å². The summed E-state index contributed by atoms with van der Waals surface area (Å²) < 4.78 is 10.4. The Morgan fingerprint density at radius 2 is 1.66 bits per heavy atom. The number of ether oxygens (including phenoxy) is 2. The van der Waals surface area contributed by atoms with Gasteiger partial charge in [-0.05, 0) is 59.4 Å². The van der Waals surface area contributed by atoms with Crippen molar-refractivity contribution in [2.45, 2.75) is 32.7 Å². The first-order valence-electron chi connectivity index (χ1n) is 10.8. The van der Waals surface area contributed by atoms with Crippen molar-refractivity contribution in [1.29, 1.82) is 0 Å². The van der Waals surface area contributed by atoms with Crippen LogP contribution < -0.4 is 15.4 Å². The number of carbonyl (C=O) groups is 2. The Balaban J connectivity index is 1.48. The summed E-state index contributed by atoms with van der Waals surface area (Å²) in [4.78, 5) is 25.1. The van der Waals surface area contributed by atoms with Crippen LogP contribution in [0.15, 0.2) is 66.7 Å². The van der Waals surface area contributed by atoms with Gasteiger partial charge in [0.15, 0.2) is 0 Å². The Morgan fingerprint density at radius 1 is 0.938 bits per heavy atom. The van der Waals surface area contributed by atoms with E-state index in [2.05, 4.69) is 10.6 Å². The summed E-state index contributed by atoms with van der Waals surface area (Å²) in [5.74, 6) is 0.443. The van der Waals surface area contributed by atoms with Crippen molar-refractivity contribution < 1.29 is 19.1 Å². The van der Waals surface area contributed by atoms with Gasteiger partial charge in [-0.25, -0.2) is 4.79 Å². The van der Waals surface area contributed by atoms with E-state index < -0.39 is 12.1 Å². The van der Waals surface area contributed by atoms with Crippen molar-refractivity contribution >= 4 is 28.5 Å². The van der Waals surface area contributed by atoms with Gasteiger partial charge in [0.05, 0.1) is 13.7 Å². The highest BCUT2D eigenvalue weighted by atomic mass is 16.5. The Morgan fingerprint density at radius 3 is 2.34 bits per heavy atom. The summed E-state index contributed by atoms with van der Waals surface area (Å²) in [6.45, 7) is 4.04. The molecular weight excluding hydrogens is 404 g/mol. The molecule has 0 bridgehead atoms. The number of hydrogen-bond acceptors (Lipinski definition) is 4. The van der Waals surface area contributed by atoms with Gasteiger partial charge in [0.25, 0.3) is 0 Å². The van der Waals surface area contributed by atoms with Crippen LogP contribution in [0.2, 0.25) is 0 Å². The fourth-order valence-electron chi connectivity index (χ4n) is 3.42. The zero-order valence-corrected chi connectivity index (χ0v) is 18.8. The predicted molar refractivity (Wildman–Crippen MR) is 127 cm³/mol. The van der Waals surface area contributed by atoms with Gasteiger partial charge in [-0.15, -0.1) is 0 Å². The summed E-state index contributed by atoms with van der Waals surface area (Å²) in [6, 6.07) is 20.8. The van der Waals surface area contributed by atoms with Crippen LogP contribution in [0.1, 0.15) is 25.8 Å². The molecule has 0 aliphatic rings. The van der Waals surface area contributed by atoms with Crippen LogP contribution >= 0.6 is 0 Å². The second kappa shape index (κ2) is 11.2. The third-order valence-corrected chi connectivity index (χ3v) is 5.24. The molecule has 168 valence electrons. The third-order valence-electron chi connectivity index (χ3n) is 5.24. The maximum Gasteiger partial charge on any atom is 0.407 e. The number of hydrogen-bond donors (Lipinski definition) is 2. The molecule has 32 heavy (non-hydrogen) atoms. The lowest BCUT2D eigenvalue weighted by Crippen LogP contribution is -2.47. The quantitative estimate of drug-likeness (QED) is 0.456. The molecule has 2 N–H and O–H groups in total. The van der Waals surface area contributed by atoms with Gasteiger partial charge in [-0.2, -0.15) is 0 Å². The minimum atomic E-state index is -0.699. The molecule has 3 aromatic carbocycles. The van der Waals surface area contributed by atoms with E-state index >= 15 is 0 Å². The second-order valence-corrected chi connectivity index (χ2v) is 8.00. The van der Waals surface area contributed by atoms with Gasteiger partial charge >= 0.3 is 6.09 Å². The molecule has 0 saturated heterocycles. The molecule has 0 aliphatic carbocycles. The molecule has 1 atom stereocenters. The Kier molecular flexibility index (Phi) is 8.08. The molecule has 6 nitrogen and oxygen atoms in total. The largest absolute Gasteiger partial charge is 0.497 e. The van der Waals surface area contributed by atoms with Crippen LogP contribution in [0.4, 0.5) is 10.5 Å². The fraction of sp³-hybridized carbons (Fsp3) is 0.308. The number of alkyl carbamates (subject to hydrolysis) is 1. The molecule has 0 aliphatic heterocycles. The molecule has 3 aromatic rings. The second-order valence-electron chi connectivity index (χ2n) is 8.00. The number of methoxy groups -OCH3 is 1. The SMILES string of the molecule is COc1ccc(CCCOC(=O)NC(C(=O)Nc2ccc3ccccc3c2)C(C)C)cc1. The predicted octanol–water partition coefficient (Wildman–Crippen LogP) is 5.17. The number of carbonyl (C=O) groups excluding carboxylic acids is 2. The molecule has 0 aromatic heterocycles. The van der Waals surface area contributed by atoms with Gasteiger partial charge in [0.1, 0.15) is 11.8 Å². The van der Waals surface area contributed by atoms with Gasteiger partial charge in [-0.1, -0.05) is 56.3 Å². The number of aryl methyl sites for hydroxylation is 1. The van der Waals surface area contributed by atoms with E-state index in [0.717, 1.165) is 28.5 Å². The van der Waals surface area contributed by atoms with Crippen molar-refractivity contribution in [2.75, 3.05) is 19.0 Å². The summed E-state index contributed by atoms with van der Waals surface area (Å²) in [5, 5.41) is 7.73. The van der Waals surface area contributed by atoms with Crippen LogP contribution in [0.3, 0.4) is 0 Å². The number of rotatable bonds is 9. The third kappa shape index (κ3) is 6.48. The molecule has 0 radical (unpaired) electrons. The zero-order valence-electron chi connectivity index (χ0n) is 18.8. The number of anilines is 1. The Labute approximate surface area is 188 Å². The first-order valence-corrected chi connectivity index (χ1v) is 10.8. The molecule has 3 rings (SSSR count). The minimum Gasteiger partial charge on any atom is -0.497 e.